The molecule has 2 rings (SSSR count). The molecule has 0 unspecified atom stereocenters. The summed E-state index contributed by atoms with van der Waals surface area (Å²) in [7, 11) is 0. The lowest BCUT2D eigenvalue weighted by Crippen LogP contribution is -2.02. The number of aliphatic hydroxyl groups excluding tert-OH is 1. The van der Waals surface area contributed by atoms with E-state index in [4.69, 9.17) is 9.52 Å². The molecule has 0 atom stereocenters. The molecule has 3 heteroatoms. The van der Waals surface area contributed by atoms with Crippen LogP contribution in [0.4, 0.5) is 5.69 Å². The third-order valence-corrected chi connectivity index (χ3v) is 2.86. The fourth-order valence-electron chi connectivity index (χ4n) is 1.87. The highest BCUT2D eigenvalue weighted by Crippen LogP contribution is 2.10. The molecular formula is C15H19NO2. The summed E-state index contributed by atoms with van der Waals surface area (Å²) >= 11 is 0. The smallest absolute Gasteiger partial charge is 0.103 e. The van der Waals surface area contributed by atoms with Crippen LogP contribution < -0.4 is 5.32 Å². The summed E-state index contributed by atoms with van der Waals surface area (Å²) in [6.07, 6.45) is 4.44. The summed E-state index contributed by atoms with van der Waals surface area (Å²) in [5.74, 6) is 1.04. The van der Waals surface area contributed by atoms with E-state index >= 15 is 0 Å². The second kappa shape index (κ2) is 6.87. The van der Waals surface area contributed by atoms with Crippen molar-refractivity contribution in [3.8, 4) is 0 Å². The fourth-order valence-corrected chi connectivity index (χ4v) is 1.87. The van der Waals surface area contributed by atoms with Gasteiger partial charge in [0.25, 0.3) is 0 Å². The molecule has 0 spiro atoms. The Morgan fingerprint density at radius 1 is 1.06 bits per heavy atom. The van der Waals surface area contributed by atoms with E-state index < -0.39 is 0 Å². The predicted molar refractivity (Wildman–Crippen MR) is 72.8 cm³/mol. The molecule has 0 aliphatic carbocycles. The Hall–Kier alpha value is -1.74. The van der Waals surface area contributed by atoms with Gasteiger partial charge in [0.15, 0.2) is 0 Å². The zero-order valence-electron chi connectivity index (χ0n) is 10.4. The zero-order valence-corrected chi connectivity index (χ0v) is 10.4. The van der Waals surface area contributed by atoms with Crippen LogP contribution in [0.1, 0.15) is 17.7 Å². The van der Waals surface area contributed by atoms with Gasteiger partial charge < -0.3 is 14.8 Å². The van der Waals surface area contributed by atoms with E-state index in [9.17, 15) is 0 Å². The number of hydrogen-bond acceptors (Lipinski definition) is 3. The standard InChI is InChI=1S/C15H19NO2/c17-11-9-13-5-7-14(8-6-13)16-10-1-3-15-4-2-12-18-15/h2,4-8,12,16-17H,1,3,9-11H2. The van der Waals surface area contributed by atoms with E-state index in [-0.39, 0.29) is 6.61 Å². The van der Waals surface area contributed by atoms with Crippen molar-refractivity contribution < 1.29 is 9.52 Å². The minimum Gasteiger partial charge on any atom is -0.469 e. The first kappa shape index (κ1) is 12.7. The molecule has 18 heavy (non-hydrogen) atoms. The number of rotatable bonds is 7. The van der Waals surface area contributed by atoms with Crippen LogP contribution in [-0.2, 0) is 12.8 Å². The van der Waals surface area contributed by atoms with Gasteiger partial charge in [0.2, 0.25) is 0 Å². The van der Waals surface area contributed by atoms with Crippen molar-refractivity contribution in [3.63, 3.8) is 0 Å². The first-order valence-corrected chi connectivity index (χ1v) is 6.34. The van der Waals surface area contributed by atoms with Crippen molar-refractivity contribution in [3.05, 3.63) is 54.0 Å². The van der Waals surface area contributed by atoms with Gasteiger partial charge in [-0.15, -0.1) is 0 Å². The van der Waals surface area contributed by atoms with Gasteiger partial charge in [0, 0.05) is 25.3 Å². The molecule has 96 valence electrons. The first-order valence-electron chi connectivity index (χ1n) is 6.34. The highest BCUT2D eigenvalue weighted by atomic mass is 16.3. The van der Waals surface area contributed by atoms with Crippen molar-refractivity contribution >= 4 is 5.69 Å². The number of benzene rings is 1. The fraction of sp³-hybridized carbons (Fsp3) is 0.333. The van der Waals surface area contributed by atoms with Crippen LogP contribution in [0.15, 0.2) is 47.1 Å². The molecule has 1 aromatic heterocycles. The summed E-state index contributed by atoms with van der Waals surface area (Å²) < 4.78 is 5.28. The Balaban J connectivity index is 1.69. The van der Waals surface area contributed by atoms with Gasteiger partial charge in [-0.2, -0.15) is 0 Å². The van der Waals surface area contributed by atoms with Crippen LogP contribution in [0.25, 0.3) is 0 Å². The van der Waals surface area contributed by atoms with Crippen molar-refractivity contribution in [2.45, 2.75) is 19.3 Å². The molecule has 0 aliphatic heterocycles. The molecule has 0 amide bonds. The molecule has 2 N–H and O–H groups in total. The molecule has 0 fully saturated rings. The number of furan rings is 1. The SMILES string of the molecule is OCCc1ccc(NCCCc2ccco2)cc1. The van der Waals surface area contributed by atoms with E-state index in [1.165, 1.54) is 5.56 Å². The van der Waals surface area contributed by atoms with E-state index in [1.54, 1.807) is 6.26 Å². The third kappa shape index (κ3) is 3.93. The number of aryl methyl sites for hydroxylation is 1. The van der Waals surface area contributed by atoms with Gasteiger partial charge in [-0.05, 0) is 42.7 Å². The lowest BCUT2D eigenvalue weighted by atomic mass is 10.1. The van der Waals surface area contributed by atoms with Gasteiger partial charge >= 0.3 is 0 Å². The Kier molecular flexibility index (Phi) is 4.85. The summed E-state index contributed by atoms with van der Waals surface area (Å²) in [5.41, 5.74) is 2.29. The summed E-state index contributed by atoms with van der Waals surface area (Å²) in [6, 6.07) is 12.1. The Labute approximate surface area is 107 Å². The second-order valence-electron chi connectivity index (χ2n) is 4.28. The molecule has 0 saturated heterocycles. The third-order valence-electron chi connectivity index (χ3n) is 2.86. The van der Waals surface area contributed by atoms with Crippen molar-refractivity contribution in [2.75, 3.05) is 18.5 Å². The molecule has 1 heterocycles. The molecule has 3 nitrogen and oxygen atoms in total. The molecule has 0 saturated carbocycles. The van der Waals surface area contributed by atoms with Gasteiger partial charge in [0.05, 0.1) is 6.26 Å². The monoisotopic (exact) mass is 245 g/mol. The summed E-state index contributed by atoms with van der Waals surface area (Å²) in [5, 5.41) is 12.2. The molecule has 2 aromatic rings. The minimum atomic E-state index is 0.204. The Morgan fingerprint density at radius 2 is 1.89 bits per heavy atom. The molecule has 0 radical (unpaired) electrons. The van der Waals surface area contributed by atoms with E-state index in [2.05, 4.69) is 17.4 Å². The number of nitrogens with one attached hydrogen (secondary N) is 1. The first-order chi connectivity index (χ1) is 8.88. The quantitative estimate of drug-likeness (QED) is 0.737. The normalized spacial score (nSPS) is 10.5. The van der Waals surface area contributed by atoms with E-state index in [1.807, 2.05) is 24.3 Å². The van der Waals surface area contributed by atoms with Crippen LogP contribution in [0.3, 0.4) is 0 Å². The predicted octanol–water partition coefficient (Wildman–Crippen LogP) is 2.86. The molecule has 0 aliphatic rings. The molecular weight excluding hydrogens is 226 g/mol. The number of hydrogen-bond donors (Lipinski definition) is 2. The average Bonchev–Trinajstić information content (AvgIpc) is 2.90. The lowest BCUT2D eigenvalue weighted by molar-refractivity contribution is 0.299. The van der Waals surface area contributed by atoms with Crippen molar-refractivity contribution in [2.24, 2.45) is 0 Å². The van der Waals surface area contributed by atoms with Gasteiger partial charge in [-0.3, -0.25) is 0 Å². The minimum absolute atomic E-state index is 0.204. The number of anilines is 1. The van der Waals surface area contributed by atoms with Crippen LogP contribution in [0.5, 0.6) is 0 Å². The highest BCUT2D eigenvalue weighted by molar-refractivity contribution is 5.44. The number of aliphatic hydroxyl groups is 1. The van der Waals surface area contributed by atoms with Gasteiger partial charge in [0.1, 0.15) is 5.76 Å². The maximum atomic E-state index is 8.83. The maximum absolute atomic E-state index is 8.83. The highest BCUT2D eigenvalue weighted by Gasteiger charge is 1.96. The Morgan fingerprint density at radius 3 is 2.56 bits per heavy atom. The summed E-state index contributed by atoms with van der Waals surface area (Å²) in [4.78, 5) is 0. The Bertz CT molecular complexity index is 434. The van der Waals surface area contributed by atoms with Gasteiger partial charge in [-0.1, -0.05) is 12.1 Å². The van der Waals surface area contributed by atoms with Crippen LogP contribution in [-0.4, -0.2) is 18.3 Å². The zero-order chi connectivity index (χ0) is 12.6. The topological polar surface area (TPSA) is 45.4 Å². The average molecular weight is 245 g/mol. The summed E-state index contributed by atoms with van der Waals surface area (Å²) in [6.45, 7) is 1.13. The maximum Gasteiger partial charge on any atom is 0.103 e. The van der Waals surface area contributed by atoms with E-state index in [0.29, 0.717) is 0 Å². The largest absolute Gasteiger partial charge is 0.469 e. The second-order valence-corrected chi connectivity index (χ2v) is 4.28. The lowest BCUT2D eigenvalue weighted by Gasteiger charge is -2.06. The van der Waals surface area contributed by atoms with Gasteiger partial charge in [-0.25, -0.2) is 0 Å². The van der Waals surface area contributed by atoms with Crippen LogP contribution in [0.2, 0.25) is 0 Å². The van der Waals surface area contributed by atoms with Crippen LogP contribution >= 0.6 is 0 Å². The van der Waals surface area contributed by atoms with Crippen molar-refractivity contribution in [1.29, 1.82) is 0 Å². The van der Waals surface area contributed by atoms with Crippen LogP contribution in [0, 0.1) is 0 Å². The molecule has 0 bridgehead atoms. The van der Waals surface area contributed by atoms with Crippen molar-refractivity contribution in [1.82, 2.24) is 0 Å². The molecule has 1 aromatic carbocycles. The van der Waals surface area contributed by atoms with E-state index in [0.717, 1.165) is 37.3 Å².